The van der Waals surface area contributed by atoms with Gasteiger partial charge in [0.15, 0.2) is 0 Å². The van der Waals surface area contributed by atoms with Gasteiger partial charge in [0.1, 0.15) is 0 Å². The Morgan fingerprint density at radius 2 is 2.11 bits per heavy atom. The fourth-order valence-corrected chi connectivity index (χ4v) is 4.00. The summed E-state index contributed by atoms with van der Waals surface area (Å²) >= 11 is 0. The number of nitrogens with zero attached hydrogens (tertiary/aromatic N) is 3. The van der Waals surface area contributed by atoms with Gasteiger partial charge in [0, 0.05) is 42.3 Å². The molecule has 0 saturated carbocycles. The molecule has 0 bridgehead atoms. The molecule has 1 aromatic carbocycles. The maximum atomic E-state index is 13.5. The number of H-pyrrole nitrogens is 1. The number of benzene rings is 1. The third-order valence-electron chi connectivity index (χ3n) is 5.39. The van der Waals surface area contributed by atoms with Crippen molar-refractivity contribution in [3.8, 4) is 0 Å². The van der Waals surface area contributed by atoms with Crippen LogP contribution in [0.15, 0.2) is 36.7 Å². The standard InChI is InChI=1S/C22H28N4O2/c1-22(2,3)20-18(13-25(4)24-20)21(27)26-9-10-28-14-16(26)11-15-12-23-19-8-6-5-7-17(15)19/h5-8,12-13,16,23H,9-11,14H2,1-4H3/t16-/m0/s1. The van der Waals surface area contributed by atoms with Crippen LogP contribution in [0.5, 0.6) is 0 Å². The number of morpholine rings is 1. The van der Waals surface area contributed by atoms with Crippen LogP contribution in [0.2, 0.25) is 0 Å². The van der Waals surface area contributed by atoms with Crippen molar-refractivity contribution in [2.24, 2.45) is 7.05 Å². The lowest BCUT2D eigenvalue weighted by molar-refractivity contribution is -0.00167. The summed E-state index contributed by atoms with van der Waals surface area (Å²) in [7, 11) is 1.87. The number of ether oxygens (including phenoxy) is 1. The summed E-state index contributed by atoms with van der Waals surface area (Å²) in [5.41, 5.74) is 3.68. The van der Waals surface area contributed by atoms with Gasteiger partial charge >= 0.3 is 0 Å². The molecular formula is C22H28N4O2. The Morgan fingerprint density at radius 3 is 2.89 bits per heavy atom. The van der Waals surface area contributed by atoms with Crippen molar-refractivity contribution in [1.29, 1.82) is 0 Å². The van der Waals surface area contributed by atoms with E-state index < -0.39 is 0 Å². The fourth-order valence-electron chi connectivity index (χ4n) is 4.00. The molecule has 1 saturated heterocycles. The highest BCUT2D eigenvalue weighted by Gasteiger charge is 2.33. The van der Waals surface area contributed by atoms with Crippen LogP contribution >= 0.6 is 0 Å². The van der Waals surface area contributed by atoms with E-state index in [2.05, 4.69) is 43.0 Å². The predicted octanol–water partition coefficient (Wildman–Crippen LogP) is 3.28. The summed E-state index contributed by atoms with van der Waals surface area (Å²) in [6, 6.07) is 8.28. The SMILES string of the molecule is Cn1cc(C(=O)N2CCOC[C@@H]2Cc2c[nH]c3ccccc23)c(C(C)(C)C)n1. The van der Waals surface area contributed by atoms with Gasteiger partial charge in [-0.05, 0) is 18.1 Å². The van der Waals surface area contributed by atoms with Crippen molar-refractivity contribution in [1.82, 2.24) is 19.7 Å². The van der Waals surface area contributed by atoms with E-state index in [1.54, 1.807) is 4.68 Å². The molecule has 0 spiro atoms. The molecule has 3 heterocycles. The molecular weight excluding hydrogens is 352 g/mol. The van der Waals surface area contributed by atoms with Crippen molar-refractivity contribution < 1.29 is 9.53 Å². The van der Waals surface area contributed by atoms with Crippen LogP contribution in [0, 0.1) is 0 Å². The number of carbonyl (C=O) groups is 1. The molecule has 1 aliphatic heterocycles. The van der Waals surface area contributed by atoms with E-state index in [9.17, 15) is 4.79 Å². The van der Waals surface area contributed by atoms with Crippen LogP contribution < -0.4 is 0 Å². The molecule has 1 aliphatic rings. The van der Waals surface area contributed by atoms with Gasteiger partial charge in [-0.2, -0.15) is 5.10 Å². The second kappa shape index (κ2) is 7.09. The van der Waals surface area contributed by atoms with Crippen molar-refractivity contribution in [2.45, 2.75) is 38.6 Å². The second-order valence-corrected chi connectivity index (χ2v) is 8.61. The number of para-hydroxylation sites is 1. The molecule has 1 fully saturated rings. The topological polar surface area (TPSA) is 63.1 Å². The first-order valence-electron chi connectivity index (χ1n) is 9.82. The minimum Gasteiger partial charge on any atom is -0.377 e. The maximum absolute atomic E-state index is 13.5. The molecule has 6 heteroatoms. The number of carbonyl (C=O) groups excluding carboxylic acids is 1. The quantitative estimate of drug-likeness (QED) is 0.758. The van der Waals surface area contributed by atoms with E-state index in [0.717, 1.165) is 17.6 Å². The average Bonchev–Trinajstić information content (AvgIpc) is 3.25. The van der Waals surface area contributed by atoms with Crippen LogP contribution in [0.25, 0.3) is 10.9 Å². The molecule has 148 valence electrons. The highest BCUT2D eigenvalue weighted by atomic mass is 16.5. The van der Waals surface area contributed by atoms with Gasteiger partial charge in [0.05, 0.1) is 30.5 Å². The Balaban J connectivity index is 1.63. The highest BCUT2D eigenvalue weighted by molar-refractivity contribution is 5.96. The van der Waals surface area contributed by atoms with E-state index in [1.165, 1.54) is 10.9 Å². The Bertz CT molecular complexity index is 996. The fraction of sp³-hybridized carbons (Fsp3) is 0.455. The second-order valence-electron chi connectivity index (χ2n) is 8.61. The van der Waals surface area contributed by atoms with Crippen molar-refractivity contribution in [3.05, 3.63) is 53.5 Å². The number of amides is 1. The van der Waals surface area contributed by atoms with Gasteiger partial charge in [0.2, 0.25) is 0 Å². The molecule has 28 heavy (non-hydrogen) atoms. The van der Waals surface area contributed by atoms with E-state index in [-0.39, 0.29) is 17.4 Å². The first-order valence-corrected chi connectivity index (χ1v) is 9.82. The summed E-state index contributed by atoms with van der Waals surface area (Å²) in [6.45, 7) is 8.00. The molecule has 1 atom stereocenters. The van der Waals surface area contributed by atoms with Crippen LogP contribution in [0.4, 0.5) is 0 Å². The molecule has 1 amide bonds. The molecule has 1 N–H and O–H groups in total. The zero-order chi connectivity index (χ0) is 19.9. The van der Waals surface area contributed by atoms with Crippen molar-refractivity contribution in [2.75, 3.05) is 19.8 Å². The number of nitrogens with one attached hydrogen (secondary N) is 1. The summed E-state index contributed by atoms with van der Waals surface area (Å²) < 4.78 is 7.48. The summed E-state index contributed by atoms with van der Waals surface area (Å²) in [5.74, 6) is 0.0474. The number of aryl methyl sites for hydroxylation is 1. The van der Waals surface area contributed by atoms with Crippen molar-refractivity contribution >= 4 is 16.8 Å². The smallest absolute Gasteiger partial charge is 0.257 e. The largest absolute Gasteiger partial charge is 0.377 e. The van der Waals surface area contributed by atoms with E-state index in [1.807, 2.05) is 36.5 Å². The monoisotopic (exact) mass is 380 g/mol. The Kier molecular flexibility index (Phi) is 4.75. The number of fused-ring (bicyclic) bond motifs is 1. The first kappa shape index (κ1) is 18.7. The molecule has 0 radical (unpaired) electrons. The molecule has 3 aromatic rings. The highest BCUT2D eigenvalue weighted by Crippen LogP contribution is 2.27. The van der Waals surface area contributed by atoms with Gasteiger partial charge < -0.3 is 14.6 Å². The average molecular weight is 380 g/mol. The molecule has 6 nitrogen and oxygen atoms in total. The van der Waals surface area contributed by atoms with Crippen molar-refractivity contribution in [3.63, 3.8) is 0 Å². The lowest BCUT2D eigenvalue weighted by Crippen LogP contribution is -2.50. The van der Waals surface area contributed by atoms with Gasteiger partial charge in [-0.1, -0.05) is 39.0 Å². The molecule has 2 aromatic heterocycles. The zero-order valence-electron chi connectivity index (χ0n) is 17.0. The third-order valence-corrected chi connectivity index (χ3v) is 5.39. The zero-order valence-corrected chi connectivity index (χ0v) is 17.0. The lowest BCUT2D eigenvalue weighted by atomic mass is 9.89. The number of rotatable bonds is 3. The minimum atomic E-state index is -0.190. The van der Waals surface area contributed by atoms with E-state index in [0.29, 0.717) is 25.3 Å². The summed E-state index contributed by atoms with van der Waals surface area (Å²) in [5, 5.41) is 5.78. The van der Waals surface area contributed by atoms with Crippen LogP contribution in [0.3, 0.4) is 0 Å². The number of hydrogen-bond donors (Lipinski definition) is 1. The Hall–Kier alpha value is -2.60. The number of aromatic nitrogens is 3. The normalized spacial score (nSPS) is 18.0. The summed E-state index contributed by atoms with van der Waals surface area (Å²) in [4.78, 5) is 18.8. The molecule has 0 unspecified atom stereocenters. The first-order chi connectivity index (χ1) is 13.3. The minimum absolute atomic E-state index is 0.00785. The van der Waals surface area contributed by atoms with E-state index >= 15 is 0 Å². The van der Waals surface area contributed by atoms with Crippen LogP contribution in [-0.2, 0) is 23.6 Å². The Morgan fingerprint density at radius 1 is 1.32 bits per heavy atom. The number of aromatic amines is 1. The van der Waals surface area contributed by atoms with Crippen LogP contribution in [-0.4, -0.2) is 51.4 Å². The van der Waals surface area contributed by atoms with Gasteiger partial charge in [0.25, 0.3) is 5.91 Å². The molecule has 0 aliphatic carbocycles. The van der Waals surface area contributed by atoms with Gasteiger partial charge in [-0.15, -0.1) is 0 Å². The maximum Gasteiger partial charge on any atom is 0.257 e. The predicted molar refractivity (Wildman–Crippen MR) is 110 cm³/mol. The van der Waals surface area contributed by atoms with Gasteiger partial charge in [-0.3, -0.25) is 9.48 Å². The summed E-state index contributed by atoms with van der Waals surface area (Å²) in [6.07, 6.45) is 4.66. The van der Waals surface area contributed by atoms with Crippen LogP contribution in [0.1, 0.15) is 42.4 Å². The Labute approximate surface area is 165 Å². The number of hydrogen-bond acceptors (Lipinski definition) is 3. The van der Waals surface area contributed by atoms with E-state index in [4.69, 9.17) is 4.74 Å². The molecule has 4 rings (SSSR count). The lowest BCUT2D eigenvalue weighted by Gasteiger charge is -2.36. The third kappa shape index (κ3) is 3.44. The van der Waals surface area contributed by atoms with Gasteiger partial charge in [-0.25, -0.2) is 0 Å².